The molecule has 1 aliphatic heterocycles. The van der Waals surface area contributed by atoms with E-state index in [9.17, 15) is 18.3 Å². The number of ether oxygens (including phenoxy) is 1. The van der Waals surface area contributed by atoms with Crippen LogP contribution in [0.2, 0.25) is 5.02 Å². The van der Waals surface area contributed by atoms with Crippen LogP contribution in [0.25, 0.3) is 0 Å². The third-order valence-corrected chi connectivity index (χ3v) is 7.00. The van der Waals surface area contributed by atoms with Crippen molar-refractivity contribution in [2.45, 2.75) is 56.1 Å². The molecule has 0 bridgehead atoms. The fourth-order valence-corrected chi connectivity index (χ4v) is 5.21. The van der Waals surface area contributed by atoms with Crippen molar-refractivity contribution in [1.82, 2.24) is 9.78 Å². The summed E-state index contributed by atoms with van der Waals surface area (Å²) in [5, 5.41) is 17.3. The zero-order valence-electron chi connectivity index (χ0n) is 18.5. The highest BCUT2D eigenvalue weighted by atomic mass is 35.5. The maximum Gasteiger partial charge on any atom is 0.233 e. The molecule has 0 radical (unpaired) electrons. The van der Waals surface area contributed by atoms with Gasteiger partial charge in [0.1, 0.15) is 0 Å². The number of nitrogens with one attached hydrogen (secondary N) is 1. The van der Waals surface area contributed by atoms with Crippen molar-refractivity contribution in [3.8, 4) is 0 Å². The van der Waals surface area contributed by atoms with Gasteiger partial charge in [0.15, 0.2) is 15.7 Å². The lowest BCUT2D eigenvalue weighted by molar-refractivity contribution is -0.118. The minimum absolute atomic E-state index is 0.0403. The van der Waals surface area contributed by atoms with Crippen LogP contribution in [0.15, 0.2) is 35.4 Å². The predicted molar refractivity (Wildman–Crippen MR) is 123 cm³/mol. The lowest BCUT2D eigenvalue weighted by Gasteiger charge is -2.26. The minimum atomic E-state index is -3.47. The number of hydrogen-bond donors (Lipinski definition) is 2. The first-order chi connectivity index (χ1) is 14.9. The molecule has 2 heterocycles. The van der Waals surface area contributed by atoms with Gasteiger partial charge >= 0.3 is 0 Å². The number of sulfone groups is 1. The van der Waals surface area contributed by atoms with Gasteiger partial charge < -0.3 is 15.2 Å². The van der Waals surface area contributed by atoms with E-state index >= 15 is 0 Å². The zero-order valence-corrected chi connectivity index (χ0v) is 20.1. The highest BCUT2D eigenvalue weighted by molar-refractivity contribution is 7.90. The van der Waals surface area contributed by atoms with E-state index in [1.54, 1.807) is 42.9 Å². The smallest absolute Gasteiger partial charge is 0.233 e. The molecule has 2 N–H and O–H groups in total. The summed E-state index contributed by atoms with van der Waals surface area (Å²) >= 11 is 6.26. The first-order valence-corrected chi connectivity index (χ1v) is 12.8. The van der Waals surface area contributed by atoms with Crippen LogP contribution in [0, 0.1) is 5.92 Å². The molecule has 176 valence electrons. The quantitative estimate of drug-likeness (QED) is 0.596. The summed E-state index contributed by atoms with van der Waals surface area (Å²) in [5.41, 5.74) is -0.279. The zero-order chi connectivity index (χ0) is 23.5. The van der Waals surface area contributed by atoms with Crippen molar-refractivity contribution in [3.63, 3.8) is 0 Å². The fraction of sp³-hybridized carbons (Fsp3) is 0.545. The Morgan fingerprint density at radius 2 is 2.03 bits per heavy atom. The summed E-state index contributed by atoms with van der Waals surface area (Å²) in [4.78, 5) is 13.3. The van der Waals surface area contributed by atoms with Gasteiger partial charge in [-0.2, -0.15) is 5.10 Å². The molecule has 8 nitrogen and oxygen atoms in total. The van der Waals surface area contributed by atoms with Crippen LogP contribution >= 0.6 is 11.6 Å². The topological polar surface area (TPSA) is 111 Å². The van der Waals surface area contributed by atoms with E-state index in [1.807, 2.05) is 0 Å². The second-order valence-corrected chi connectivity index (χ2v) is 11.4. The van der Waals surface area contributed by atoms with E-state index in [-0.39, 0.29) is 22.4 Å². The lowest BCUT2D eigenvalue weighted by atomic mass is 9.84. The number of rotatable bonds is 8. The maximum absolute atomic E-state index is 13.3. The third kappa shape index (κ3) is 6.78. The molecule has 1 saturated heterocycles. The average molecular weight is 484 g/mol. The van der Waals surface area contributed by atoms with Crippen LogP contribution in [-0.2, 0) is 25.9 Å². The number of aliphatic hydroxyl groups is 1. The van der Waals surface area contributed by atoms with Crippen molar-refractivity contribution >= 4 is 33.2 Å². The van der Waals surface area contributed by atoms with Crippen molar-refractivity contribution in [2.75, 3.05) is 24.8 Å². The van der Waals surface area contributed by atoms with Crippen LogP contribution in [0.3, 0.4) is 0 Å². The number of carbonyl (C=O) groups excluding carboxylic acids is 1. The molecule has 2 aromatic rings. The molecule has 0 saturated carbocycles. The van der Waals surface area contributed by atoms with Gasteiger partial charge in [-0.25, -0.2) is 8.42 Å². The molecule has 1 aliphatic rings. The molecule has 1 amide bonds. The number of anilines is 1. The SMILES string of the molecule is CC(C)(O)Cn1ccc(NC(=O)C(CC2CCOCC2)c2ccc(S(C)(=O)=O)c(Cl)c2)n1. The Bertz CT molecular complexity index is 1060. The molecular formula is C22H30ClN3O5S. The molecule has 1 aromatic heterocycles. The maximum atomic E-state index is 13.3. The van der Waals surface area contributed by atoms with Crippen molar-refractivity contribution in [1.29, 1.82) is 0 Å². The van der Waals surface area contributed by atoms with Crippen LogP contribution in [0.5, 0.6) is 0 Å². The Balaban J connectivity index is 1.84. The number of benzene rings is 1. The highest BCUT2D eigenvalue weighted by Crippen LogP contribution is 2.33. The third-order valence-electron chi connectivity index (χ3n) is 5.43. The highest BCUT2D eigenvalue weighted by Gasteiger charge is 2.28. The van der Waals surface area contributed by atoms with Gasteiger partial charge in [0.2, 0.25) is 5.91 Å². The summed E-state index contributed by atoms with van der Waals surface area (Å²) in [5.74, 6) is -0.0764. The summed E-state index contributed by atoms with van der Waals surface area (Å²) in [6.07, 6.45) is 5.11. The second-order valence-electron chi connectivity index (χ2n) is 9.01. The standard InChI is InChI=1S/C22H30ClN3O5S/c1-22(2,28)14-26-9-6-20(25-26)24-21(27)17(12-15-7-10-31-11-8-15)16-4-5-19(18(23)13-16)32(3,29)30/h4-6,9,13,15,17,28H,7-8,10-12,14H2,1-3H3,(H,24,25,27). The second kappa shape index (κ2) is 9.91. The predicted octanol–water partition coefficient (Wildman–Crippen LogP) is 3.25. The number of nitrogens with zero attached hydrogens (tertiary/aromatic N) is 2. The van der Waals surface area contributed by atoms with Gasteiger partial charge in [-0.3, -0.25) is 9.48 Å². The Hall–Kier alpha value is -1.94. The Morgan fingerprint density at radius 1 is 1.34 bits per heavy atom. The molecule has 1 unspecified atom stereocenters. The summed E-state index contributed by atoms with van der Waals surface area (Å²) in [7, 11) is -3.47. The van der Waals surface area contributed by atoms with E-state index < -0.39 is 21.4 Å². The molecular weight excluding hydrogens is 454 g/mol. The normalized spacial score (nSPS) is 16.7. The van der Waals surface area contributed by atoms with Gasteiger partial charge in [0, 0.05) is 31.7 Å². The number of aromatic nitrogens is 2. The van der Waals surface area contributed by atoms with Gasteiger partial charge in [0.05, 0.1) is 28.0 Å². The van der Waals surface area contributed by atoms with E-state index in [1.165, 1.54) is 6.07 Å². The van der Waals surface area contributed by atoms with Crippen LogP contribution in [0.1, 0.15) is 44.6 Å². The molecule has 32 heavy (non-hydrogen) atoms. The minimum Gasteiger partial charge on any atom is -0.389 e. The monoisotopic (exact) mass is 483 g/mol. The van der Waals surface area contributed by atoms with Gasteiger partial charge in [-0.15, -0.1) is 0 Å². The van der Waals surface area contributed by atoms with E-state index in [4.69, 9.17) is 16.3 Å². The fourth-order valence-electron chi connectivity index (χ4n) is 3.87. The Labute approximate surface area is 193 Å². The summed E-state index contributed by atoms with van der Waals surface area (Å²) < 4.78 is 30.9. The van der Waals surface area contributed by atoms with Crippen molar-refractivity contribution in [3.05, 3.63) is 41.0 Å². The Kier molecular flexibility index (Phi) is 7.65. The first kappa shape index (κ1) is 24.7. The number of carbonyl (C=O) groups is 1. The molecule has 3 rings (SSSR count). The van der Waals surface area contributed by atoms with Gasteiger partial charge in [0.25, 0.3) is 0 Å². The summed E-state index contributed by atoms with van der Waals surface area (Å²) in [6, 6.07) is 6.34. The lowest BCUT2D eigenvalue weighted by Crippen LogP contribution is -2.27. The number of amides is 1. The van der Waals surface area contributed by atoms with Crippen LogP contribution < -0.4 is 5.32 Å². The van der Waals surface area contributed by atoms with Gasteiger partial charge in [-0.05, 0) is 56.7 Å². The Morgan fingerprint density at radius 3 is 2.62 bits per heavy atom. The molecule has 0 aliphatic carbocycles. The largest absolute Gasteiger partial charge is 0.389 e. The van der Waals surface area contributed by atoms with Crippen molar-refractivity contribution < 1.29 is 23.1 Å². The molecule has 1 aromatic carbocycles. The number of halogens is 1. The number of hydrogen-bond acceptors (Lipinski definition) is 6. The average Bonchev–Trinajstić information content (AvgIpc) is 3.10. The molecule has 1 atom stereocenters. The first-order valence-electron chi connectivity index (χ1n) is 10.6. The molecule has 10 heteroatoms. The molecule has 1 fully saturated rings. The van der Waals surface area contributed by atoms with E-state index in [0.717, 1.165) is 19.1 Å². The summed E-state index contributed by atoms with van der Waals surface area (Å²) in [6.45, 7) is 4.97. The van der Waals surface area contributed by atoms with Crippen molar-refractivity contribution in [2.24, 2.45) is 5.92 Å². The van der Waals surface area contributed by atoms with E-state index in [0.29, 0.717) is 36.9 Å². The van der Waals surface area contributed by atoms with E-state index in [2.05, 4.69) is 10.4 Å². The van der Waals surface area contributed by atoms with Crippen LogP contribution in [-0.4, -0.2) is 54.3 Å². The molecule has 0 spiro atoms. The van der Waals surface area contributed by atoms with Gasteiger partial charge in [-0.1, -0.05) is 17.7 Å². The van der Waals surface area contributed by atoms with Crippen LogP contribution in [0.4, 0.5) is 5.82 Å².